The molecule has 74 valence electrons. The highest BCUT2D eigenvalue weighted by Gasteiger charge is 2.11. The van der Waals surface area contributed by atoms with Gasteiger partial charge in [-0.1, -0.05) is 11.6 Å². The lowest BCUT2D eigenvalue weighted by Crippen LogP contribution is -2.01. The smallest absolute Gasteiger partial charge is 0.387 e. The number of H-pyrrole nitrogens is 1. The van der Waals surface area contributed by atoms with Gasteiger partial charge in [0, 0.05) is 6.20 Å². The molecular weight excluding hydrogens is 216 g/mol. The van der Waals surface area contributed by atoms with Crippen molar-refractivity contribution in [1.29, 1.82) is 0 Å². The number of alkyl halides is 2. The largest absolute Gasteiger partial charge is 0.432 e. The molecule has 0 saturated carbocycles. The average molecular weight is 220 g/mol. The van der Waals surface area contributed by atoms with Crippen LogP contribution in [0.15, 0.2) is 12.3 Å². The standard InChI is InChI=1S/C7H4ClF2N3O/c8-5-1-3-4(14-7(9)10)2-11-6(3)13-12-5/h1-2,7H,(H,11,13). The monoisotopic (exact) mass is 219 g/mol. The molecule has 0 unspecified atom stereocenters. The summed E-state index contributed by atoms with van der Waals surface area (Å²) >= 11 is 5.55. The summed E-state index contributed by atoms with van der Waals surface area (Å²) in [4.78, 5) is 2.63. The molecule has 0 amide bonds. The third kappa shape index (κ3) is 1.60. The van der Waals surface area contributed by atoms with Gasteiger partial charge < -0.3 is 9.72 Å². The minimum atomic E-state index is -2.87. The number of fused-ring (bicyclic) bond motifs is 1. The van der Waals surface area contributed by atoms with Crippen LogP contribution in [0, 0.1) is 0 Å². The van der Waals surface area contributed by atoms with E-state index in [2.05, 4.69) is 19.9 Å². The van der Waals surface area contributed by atoms with Crippen molar-refractivity contribution < 1.29 is 13.5 Å². The molecule has 2 heterocycles. The lowest BCUT2D eigenvalue weighted by atomic mass is 10.3. The van der Waals surface area contributed by atoms with Crippen molar-refractivity contribution in [2.45, 2.75) is 6.61 Å². The van der Waals surface area contributed by atoms with Gasteiger partial charge in [-0.3, -0.25) is 0 Å². The van der Waals surface area contributed by atoms with E-state index >= 15 is 0 Å². The van der Waals surface area contributed by atoms with Crippen LogP contribution in [0.4, 0.5) is 8.78 Å². The molecule has 0 aromatic carbocycles. The maximum atomic E-state index is 11.9. The summed E-state index contributed by atoms with van der Waals surface area (Å²) in [6, 6.07) is 1.40. The zero-order chi connectivity index (χ0) is 10.1. The lowest BCUT2D eigenvalue weighted by Gasteiger charge is -2.00. The summed E-state index contributed by atoms with van der Waals surface area (Å²) in [6.45, 7) is -2.87. The second-order valence-corrected chi connectivity index (χ2v) is 2.85. The van der Waals surface area contributed by atoms with Crippen molar-refractivity contribution in [3.8, 4) is 5.75 Å². The average Bonchev–Trinajstić information content (AvgIpc) is 2.47. The highest BCUT2D eigenvalue weighted by Crippen LogP contribution is 2.26. The summed E-state index contributed by atoms with van der Waals surface area (Å²) in [6.07, 6.45) is 1.28. The van der Waals surface area contributed by atoms with Crippen molar-refractivity contribution >= 4 is 22.6 Å². The predicted octanol–water partition coefficient (Wildman–Crippen LogP) is 2.21. The Morgan fingerprint density at radius 3 is 2.93 bits per heavy atom. The molecule has 2 aromatic heterocycles. The minimum Gasteiger partial charge on any atom is -0.432 e. The quantitative estimate of drug-likeness (QED) is 0.843. The summed E-state index contributed by atoms with van der Waals surface area (Å²) in [5, 5.41) is 7.69. The molecule has 0 saturated heterocycles. The van der Waals surface area contributed by atoms with Gasteiger partial charge >= 0.3 is 6.61 Å². The van der Waals surface area contributed by atoms with E-state index < -0.39 is 6.61 Å². The summed E-state index contributed by atoms with van der Waals surface area (Å²) in [7, 11) is 0. The summed E-state index contributed by atoms with van der Waals surface area (Å²) in [5.41, 5.74) is 0.352. The van der Waals surface area contributed by atoms with E-state index in [9.17, 15) is 8.78 Å². The first-order valence-corrected chi connectivity index (χ1v) is 4.00. The fourth-order valence-electron chi connectivity index (χ4n) is 1.07. The van der Waals surface area contributed by atoms with E-state index in [1.807, 2.05) is 0 Å². The van der Waals surface area contributed by atoms with Crippen LogP contribution in [0.3, 0.4) is 0 Å². The van der Waals surface area contributed by atoms with Gasteiger partial charge in [0.1, 0.15) is 0 Å². The van der Waals surface area contributed by atoms with Gasteiger partial charge in [0.2, 0.25) is 0 Å². The second-order valence-electron chi connectivity index (χ2n) is 2.46. The fraction of sp³-hybridized carbons (Fsp3) is 0.143. The zero-order valence-electron chi connectivity index (χ0n) is 6.67. The van der Waals surface area contributed by atoms with Crippen molar-refractivity contribution in [3.63, 3.8) is 0 Å². The van der Waals surface area contributed by atoms with Gasteiger partial charge in [-0.25, -0.2) is 0 Å². The van der Waals surface area contributed by atoms with Crippen molar-refractivity contribution in [3.05, 3.63) is 17.4 Å². The van der Waals surface area contributed by atoms with Crippen LogP contribution in [0.25, 0.3) is 11.0 Å². The van der Waals surface area contributed by atoms with Crippen LogP contribution in [-0.2, 0) is 0 Å². The molecule has 0 aliphatic carbocycles. The van der Waals surface area contributed by atoms with Crippen LogP contribution >= 0.6 is 11.6 Å². The van der Waals surface area contributed by atoms with Crippen molar-refractivity contribution in [2.75, 3.05) is 0 Å². The van der Waals surface area contributed by atoms with Crippen LogP contribution < -0.4 is 4.74 Å². The molecule has 7 heteroatoms. The Bertz CT molecular complexity index is 459. The van der Waals surface area contributed by atoms with Gasteiger partial charge in [-0.2, -0.15) is 8.78 Å². The SMILES string of the molecule is FC(F)Oc1c[nH]c2nnc(Cl)cc12. The molecule has 2 aromatic rings. The minimum absolute atomic E-state index is 0.00630. The highest BCUT2D eigenvalue weighted by atomic mass is 35.5. The number of nitrogens with zero attached hydrogens (tertiary/aromatic N) is 2. The molecule has 0 spiro atoms. The maximum absolute atomic E-state index is 11.9. The number of rotatable bonds is 2. The third-order valence-electron chi connectivity index (χ3n) is 1.59. The van der Waals surface area contributed by atoms with Crippen LogP contribution in [-0.4, -0.2) is 21.8 Å². The van der Waals surface area contributed by atoms with E-state index in [0.717, 1.165) is 0 Å². The predicted molar refractivity (Wildman–Crippen MR) is 45.5 cm³/mol. The van der Waals surface area contributed by atoms with Crippen molar-refractivity contribution in [1.82, 2.24) is 15.2 Å². The molecule has 1 N–H and O–H groups in total. The van der Waals surface area contributed by atoms with Crippen LogP contribution in [0.2, 0.25) is 5.15 Å². The molecule has 0 radical (unpaired) electrons. The molecule has 2 rings (SSSR count). The number of ether oxygens (including phenoxy) is 1. The molecule has 0 bridgehead atoms. The van der Waals surface area contributed by atoms with Gasteiger partial charge in [0.15, 0.2) is 16.5 Å². The Morgan fingerprint density at radius 2 is 2.21 bits per heavy atom. The normalized spacial score (nSPS) is 11.1. The molecule has 14 heavy (non-hydrogen) atoms. The van der Waals surface area contributed by atoms with Gasteiger partial charge in [-0.15, -0.1) is 10.2 Å². The first-order chi connectivity index (χ1) is 6.66. The van der Waals surface area contributed by atoms with E-state index in [0.29, 0.717) is 11.0 Å². The Kier molecular flexibility index (Phi) is 2.20. The number of halogens is 3. The Hall–Kier alpha value is -1.43. The number of aromatic amines is 1. The van der Waals surface area contributed by atoms with E-state index in [1.165, 1.54) is 12.3 Å². The molecule has 0 atom stereocenters. The first kappa shape index (κ1) is 9.14. The van der Waals surface area contributed by atoms with Gasteiger partial charge in [-0.05, 0) is 6.07 Å². The number of hydrogen-bond acceptors (Lipinski definition) is 3. The van der Waals surface area contributed by atoms with E-state index in [1.54, 1.807) is 0 Å². The first-order valence-electron chi connectivity index (χ1n) is 3.62. The fourth-order valence-corrected chi connectivity index (χ4v) is 1.21. The third-order valence-corrected chi connectivity index (χ3v) is 1.77. The molecule has 0 aliphatic heterocycles. The number of aromatic nitrogens is 3. The van der Waals surface area contributed by atoms with E-state index in [4.69, 9.17) is 11.6 Å². The van der Waals surface area contributed by atoms with Crippen molar-refractivity contribution in [2.24, 2.45) is 0 Å². The van der Waals surface area contributed by atoms with Crippen LogP contribution in [0.5, 0.6) is 5.75 Å². The summed E-state index contributed by atoms with van der Waals surface area (Å²) in [5.74, 6) is 0.00630. The Morgan fingerprint density at radius 1 is 1.43 bits per heavy atom. The Balaban J connectivity index is 2.50. The van der Waals surface area contributed by atoms with Crippen LogP contribution in [0.1, 0.15) is 0 Å². The molecule has 4 nitrogen and oxygen atoms in total. The number of hydrogen-bond donors (Lipinski definition) is 1. The second kappa shape index (κ2) is 3.38. The van der Waals surface area contributed by atoms with Gasteiger partial charge in [0.05, 0.1) is 5.39 Å². The van der Waals surface area contributed by atoms with E-state index in [-0.39, 0.29) is 10.9 Å². The lowest BCUT2D eigenvalue weighted by molar-refractivity contribution is -0.0488. The maximum Gasteiger partial charge on any atom is 0.387 e. The molecule has 0 fully saturated rings. The number of nitrogens with one attached hydrogen (secondary N) is 1. The van der Waals surface area contributed by atoms with Gasteiger partial charge in [0.25, 0.3) is 0 Å². The Labute approximate surface area is 81.8 Å². The molecular formula is C7H4ClF2N3O. The topological polar surface area (TPSA) is 50.8 Å². The molecule has 0 aliphatic rings. The zero-order valence-corrected chi connectivity index (χ0v) is 7.42. The highest BCUT2D eigenvalue weighted by molar-refractivity contribution is 6.29. The summed E-state index contributed by atoms with van der Waals surface area (Å²) < 4.78 is 28.1.